The molecule has 3 aliphatic rings. The van der Waals surface area contributed by atoms with Crippen molar-refractivity contribution < 1.29 is 0 Å². The lowest BCUT2D eigenvalue weighted by Crippen LogP contribution is -2.16. The summed E-state index contributed by atoms with van der Waals surface area (Å²) in [4.78, 5) is 0. The molecule has 5 atom stereocenters. The lowest BCUT2D eigenvalue weighted by Gasteiger charge is -2.27. The second-order valence-electron chi connectivity index (χ2n) is 7.50. The van der Waals surface area contributed by atoms with E-state index in [9.17, 15) is 0 Å². The molecule has 4 bridgehead atoms. The molecule has 0 heterocycles. The molecule has 0 aliphatic heterocycles. The van der Waals surface area contributed by atoms with Crippen molar-refractivity contribution in [1.29, 1.82) is 0 Å². The zero-order chi connectivity index (χ0) is 11.7. The summed E-state index contributed by atoms with van der Waals surface area (Å²) in [5.41, 5.74) is 0. The first-order valence-electron chi connectivity index (χ1n) is 8.31. The van der Waals surface area contributed by atoms with E-state index in [0.29, 0.717) is 0 Å². The predicted molar refractivity (Wildman–Crippen MR) is 73.9 cm³/mol. The molecule has 0 radical (unpaired) electrons. The maximum absolute atomic E-state index is 2.51. The van der Waals surface area contributed by atoms with Gasteiger partial charge in [0.15, 0.2) is 0 Å². The average molecular weight is 234 g/mol. The Hall–Kier alpha value is 0. The molecular formula is C17H30. The van der Waals surface area contributed by atoms with E-state index in [4.69, 9.17) is 0 Å². The monoisotopic (exact) mass is 234 g/mol. The van der Waals surface area contributed by atoms with Crippen LogP contribution in [0.1, 0.15) is 77.6 Å². The van der Waals surface area contributed by atoms with Crippen LogP contribution in [-0.2, 0) is 0 Å². The van der Waals surface area contributed by atoms with E-state index in [1.807, 2.05) is 0 Å². The summed E-state index contributed by atoms with van der Waals surface area (Å²) in [7, 11) is 0. The second kappa shape index (κ2) is 5.33. The van der Waals surface area contributed by atoms with Gasteiger partial charge < -0.3 is 0 Å². The van der Waals surface area contributed by atoms with Crippen molar-refractivity contribution in [3.63, 3.8) is 0 Å². The average Bonchev–Trinajstić information content (AvgIpc) is 2.69. The van der Waals surface area contributed by atoms with Gasteiger partial charge in [-0.3, -0.25) is 0 Å². The molecule has 0 saturated heterocycles. The van der Waals surface area contributed by atoms with Gasteiger partial charge in [0.25, 0.3) is 0 Å². The van der Waals surface area contributed by atoms with E-state index < -0.39 is 0 Å². The Balaban J connectivity index is 1.72. The molecule has 3 saturated carbocycles. The van der Waals surface area contributed by atoms with Gasteiger partial charge in [-0.05, 0) is 61.7 Å². The number of fused-ring (bicyclic) bond motifs is 5. The Bertz CT molecular complexity index is 244. The van der Waals surface area contributed by atoms with Crippen molar-refractivity contribution in [3.8, 4) is 0 Å². The minimum Gasteiger partial charge on any atom is -0.0625 e. The molecule has 3 fully saturated rings. The molecule has 0 heteroatoms. The molecule has 5 unspecified atom stereocenters. The Morgan fingerprint density at radius 1 is 0.588 bits per heavy atom. The van der Waals surface area contributed by atoms with Crippen LogP contribution >= 0.6 is 0 Å². The SMILES string of the molecule is CC1CCC2CC(CCCCC3CCC2C3)C1. The van der Waals surface area contributed by atoms with Crippen molar-refractivity contribution in [2.24, 2.45) is 29.6 Å². The van der Waals surface area contributed by atoms with Crippen LogP contribution in [0.4, 0.5) is 0 Å². The molecule has 3 aliphatic carbocycles. The van der Waals surface area contributed by atoms with Crippen LogP contribution in [0.15, 0.2) is 0 Å². The molecule has 0 aromatic carbocycles. The van der Waals surface area contributed by atoms with Crippen LogP contribution in [-0.4, -0.2) is 0 Å². The second-order valence-corrected chi connectivity index (χ2v) is 7.50. The first-order valence-corrected chi connectivity index (χ1v) is 8.31. The fraction of sp³-hybridized carbons (Fsp3) is 1.00. The minimum absolute atomic E-state index is 1.02. The largest absolute Gasteiger partial charge is 0.0625 e. The highest BCUT2D eigenvalue weighted by Crippen LogP contribution is 2.46. The van der Waals surface area contributed by atoms with Gasteiger partial charge in [-0.1, -0.05) is 45.4 Å². The van der Waals surface area contributed by atoms with Crippen LogP contribution < -0.4 is 0 Å². The van der Waals surface area contributed by atoms with Gasteiger partial charge in [-0.2, -0.15) is 0 Å². The molecule has 3 rings (SSSR count). The van der Waals surface area contributed by atoms with Gasteiger partial charge in [0.1, 0.15) is 0 Å². The van der Waals surface area contributed by atoms with Crippen LogP contribution in [0.5, 0.6) is 0 Å². The van der Waals surface area contributed by atoms with Crippen LogP contribution in [0.25, 0.3) is 0 Å². The van der Waals surface area contributed by atoms with E-state index in [1.54, 1.807) is 51.4 Å². The van der Waals surface area contributed by atoms with E-state index >= 15 is 0 Å². The summed E-state index contributed by atoms with van der Waals surface area (Å²) < 4.78 is 0. The van der Waals surface area contributed by atoms with Gasteiger partial charge in [-0.25, -0.2) is 0 Å². The van der Waals surface area contributed by atoms with Crippen LogP contribution in [0, 0.1) is 29.6 Å². The Kier molecular flexibility index (Phi) is 3.78. The van der Waals surface area contributed by atoms with Gasteiger partial charge >= 0.3 is 0 Å². The summed E-state index contributed by atoms with van der Waals surface area (Å²) >= 11 is 0. The molecule has 0 N–H and O–H groups in total. The van der Waals surface area contributed by atoms with Crippen LogP contribution in [0.2, 0.25) is 0 Å². The highest BCUT2D eigenvalue weighted by molar-refractivity contribution is 4.85. The molecule has 0 amide bonds. The fourth-order valence-corrected chi connectivity index (χ4v) is 5.16. The number of rotatable bonds is 0. The van der Waals surface area contributed by atoms with Gasteiger partial charge in [0.05, 0.1) is 0 Å². The van der Waals surface area contributed by atoms with Crippen molar-refractivity contribution in [2.45, 2.75) is 77.6 Å². The van der Waals surface area contributed by atoms with Crippen molar-refractivity contribution in [2.75, 3.05) is 0 Å². The molecule has 0 aromatic heterocycles. The van der Waals surface area contributed by atoms with E-state index in [-0.39, 0.29) is 0 Å². The third-order valence-electron chi connectivity index (χ3n) is 6.13. The summed E-state index contributed by atoms with van der Waals surface area (Å²) in [6, 6.07) is 0. The van der Waals surface area contributed by atoms with Crippen molar-refractivity contribution in [1.82, 2.24) is 0 Å². The van der Waals surface area contributed by atoms with Crippen molar-refractivity contribution >= 4 is 0 Å². The summed E-state index contributed by atoms with van der Waals surface area (Å²) in [5, 5.41) is 0. The van der Waals surface area contributed by atoms with Crippen LogP contribution in [0.3, 0.4) is 0 Å². The topological polar surface area (TPSA) is 0 Å². The third kappa shape index (κ3) is 2.88. The maximum Gasteiger partial charge on any atom is -0.0383 e. The molecule has 98 valence electrons. The normalized spacial score (nSPS) is 47.5. The number of hydrogen-bond acceptors (Lipinski definition) is 0. The zero-order valence-corrected chi connectivity index (χ0v) is 11.7. The molecule has 17 heavy (non-hydrogen) atoms. The lowest BCUT2D eigenvalue weighted by molar-refractivity contribution is 0.243. The number of hydrogen-bond donors (Lipinski definition) is 0. The zero-order valence-electron chi connectivity index (χ0n) is 11.7. The Morgan fingerprint density at radius 3 is 2.06 bits per heavy atom. The minimum atomic E-state index is 1.02. The van der Waals surface area contributed by atoms with Gasteiger partial charge in [0, 0.05) is 0 Å². The fourth-order valence-electron chi connectivity index (χ4n) is 5.16. The Labute approximate surface area is 108 Å². The third-order valence-corrected chi connectivity index (χ3v) is 6.13. The van der Waals surface area contributed by atoms with Crippen molar-refractivity contribution in [3.05, 3.63) is 0 Å². The van der Waals surface area contributed by atoms with E-state index in [0.717, 1.165) is 29.6 Å². The first kappa shape index (κ1) is 12.1. The molecule has 0 spiro atoms. The van der Waals surface area contributed by atoms with Gasteiger partial charge in [0.2, 0.25) is 0 Å². The standard InChI is InChI=1S/C17H30/c1-13-6-8-16-12-15(10-13)5-3-2-4-14-7-9-17(16)11-14/h13-17H,2-12H2,1H3. The molecule has 0 nitrogen and oxygen atoms in total. The van der Waals surface area contributed by atoms with Gasteiger partial charge in [-0.15, -0.1) is 0 Å². The maximum atomic E-state index is 2.51. The van der Waals surface area contributed by atoms with E-state index in [1.165, 1.54) is 19.3 Å². The highest BCUT2D eigenvalue weighted by atomic mass is 14.4. The molecule has 0 aromatic rings. The van der Waals surface area contributed by atoms with E-state index in [2.05, 4.69) is 6.92 Å². The first-order chi connectivity index (χ1) is 8.31. The predicted octanol–water partition coefficient (Wildman–Crippen LogP) is 5.42. The highest BCUT2D eigenvalue weighted by Gasteiger charge is 2.34. The smallest absolute Gasteiger partial charge is 0.0383 e. The summed E-state index contributed by atoms with van der Waals surface area (Å²) in [5.74, 6) is 5.48. The Morgan fingerprint density at radius 2 is 1.24 bits per heavy atom. The summed E-state index contributed by atoms with van der Waals surface area (Å²) in [6.45, 7) is 2.51. The quantitative estimate of drug-likeness (QED) is 0.525. The lowest BCUT2D eigenvalue weighted by atomic mass is 9.79. The molecular weight excluding hydrogens is 204 g/mol. The summed E-state index contributed by atoms with van der Waals surface area (Å²) in [6.07, 6.45) is 17.2.